The summed E-state index contributed by atoms with van der Waals surface area (Å²) >= 11 is 4.87. The Hall–Kier alpha value is -0.390. The summed E-state index contributed by atoms with van der Waals surface area (Å²) in [6.45, 7) is 6.58. The van der Waals surface area contributed by atoms with E-state index in [0.29, 0.717) is 6.54 Å². The van der Waals surface area contributed by atoms with Gasteiger partial charge in [0, 0.05) is 12.1 Å². The third-order valence-corrected chi connectivity index (χ3v) is 5.23. The third kappa shape index (κ3) is 3.79. The number of hydrogen-bond donors (Lipinski definition) is 2. The topological polar surface area (TPSA) is 55.1 Å². The molecule has 3 N–H and O–H groups in total. The molecule has 96 valence electrons. The Morgan fingerprint density at radius 1 is 1.53 bits per heavy atom. The first-order valence-corrected chi connectivity index (χ1v) is 7.36. The number of nitrogens with two attached hydrogens (primary N) is 1. The summed E-state index contributed by atoms with van der Waals surface area (Å²) in [6, 6.07) is 1.89. The van der Waals surface area contributed by atoms with E-state index in [2.05, 4.69) is 21.2 Å². The van der Waals surface area contributed by atoms with Gasteiger partial charge in [-0.05, 0) is 47.3 Å². The monoisotopic (exact) mass is 318 g/mol. The van der Waals surface area contributed by atoms with Crippen molar-refractivity contribution in [2.45, 2.75) is 39.2 Å². The molecule has 0 aliphatic heterocycles. The highest BCUT2D eigenvalue weighted by molar-refractivity contribution is 9.11. The van der Waals surface area contributed by atoms with Gasteiger partial charge in [-0.2, -0.15) is 0 Å². The zero-order valence-electron chi connectivity index (χ0n) is 10.5. The van der Waals surface area contributed by atoms with Crippen LogP contribution in [-0.4, -0.2) is 18.0 Å². The maximum atomic E-state index is 11.9. The van der Waals surface area contributed by atoms with Crippen molar-refractivity contribution < 1.29 is 4.79 Å². The Bertz CT molecular complexity index is 380. The van der Waals surface area contributed by atoms with Gasteiger partial charge in [0.1, 0.15) is 0 Å². The molecule has 0 aliphatic rings. The lowest BCUT2D eigenvalue weighted by Gasteiger charge is -2.26. The number of carbonyl (C=O) groups excluding carboxylic acids is 1. The number of hydrogen-bond acceptors (Lipinski definition) is 3. The Labute approximate surface area is 115 Å². The van der Waals surface area contributed by atoms with E-state index in [1.54, 1.807) is 0 Å². The average molecular weight is 319 g/mol. The molecule has 0 fully saturated rings. The first-order chi connectivity index (χ1) is 7.91. The molecule has 1 aromatic rings. The van der Waals surface area contributed by atoms with Crippen LogP contribution in [0.25, 0.3) is 0 Å². The van der Waals surface area contributed by atoms with Crippen LogP contribution in [0.1, 0.15) is 41.9 Å². The quantitative estimate of drug-likeness (QED) is 0.876. The lowest BCUT2D eigenvalue weighted by molar-refractivity contribution is 0.0946. The van der Waals surface area contributed by atoms with Gasteiger partial charge in [0.2, 0.25) is 0 Å². The van der Waals surface area contributed by atoms with Crippen molar-refractivity contribution in [3.63, 3.8) is 0 Å². The third-order valence-electron chi connectivity index (χ3n) is 3.09. The van der Waals surface area contributed by atoms with Gasteiger partial charge in [0.15, 0.2) is 0 Å². The average Bonchev–Trinajstić information content (AvgIpc) is 2.66. The molecule has 0 atom stereocenters. The van der Waals surface area contributed by atoms with Gasteiger partial charge in [-0.1, -0.05) is 13.8 Å². The van der Waals surface area contributed by atoms with Crippen LogP contribution in [0.3, 0.4) is 0 Å². The maximum absolute atomic E-state index is 11.9. The normalized spacial score (nSPS) is 11.6. The van der Waals surface area contributed by atoms with Crippen LogP contribution in [0, 0.1) is 6.92 Å². The zero-order valence-corrected chi connectivity index (χ0v) is 12.9. The van der Waals surface area contributed by atoms with Gasteiger partial charge in [-0.15, -0.1) is 11.3 Å². The Kier molecular flexibility index (Phi) is 5.16. The van der Waals surface area contributed by atoms with Gasteiger partial charge in [0.25, 0.3) is 5.91 Å². The van der Waals surface area contributed by atoms with E-state index < -0.39 is 0 Å². The highest BCUT2D eigenvalue weighted by atomic mass is 79.9. The second-order valence-corrected chi connectivity index (χ2v) is 6.69. The Balaban J connectivity index is 2.61. The molecule has 0 unspecified atom stereocenters. The number of aryl methyl sites for hydroxylation is 1. The summed E-state index contributed by atoms with van der Waals surface area (Å²) in [7, 11) is 0. The predicted molar refractivity (Wildman–Crippen MR) is 76.6 cm³/mol. The number of rotatable bonds is 5. The smallest absolute Gasteiger partial charge is 0.261 e. The molecule has 0 spiro atoms. The van der Waals surface area contributed by atoms with E-state index in [0.717, 1.165) is 27.1 Å². The molecule has 0 aromatic carbocycles. The number of halogens is 1. The SMILES string of the molecule is CCC(N)(CC)CNC(=O)c1cc(C)c(Br)s1. The van der Waals surface area contributed by atoms with Crippen molar-refractivity contribution in [1.82, 2.24) is 5.32 Å². The molecule has 0 bridgehead atoms. The van der Waals surface area contributed by atoms with Gasteiger partial charge in [0.05, 0.1) is 8.66 Å². The van der Waals surface area contributed by atoms with E-state index >= 15 is 0 Å². The van der Waals surface area contributed by atoms with Crippen LogP contribution in [0.5, 0.6) is 0 Å². The summed E-state index contributed by atoms with van der Waals surface area (Å²) in [5, 5.41) is 2.91. The van der Waals surface area contributed by atoms with Crippen LogP contribution in [-0.2, 0) is 0 Å². The molecule has 0 radical (unpaired) electrons. The van der Waals surface area contributed by atoms with Crippen LogP contribution in [0.4, 0.5) is 0 Å². The standard InChI is InChI=1S/C12H19BrN2OS/c1-4-12(14,5-2)7-15-11(16)9-6-8(3)10(13)17-9/h6H,4-5,7,14H2,1-3H3,(H,15,16). The van der Waals surface area contributed by atoms with Gasteiger partial charge in [-0.3, -0.25) is 4.79 Å². The van der Waals surface area contributed by atoms with Crippen molar-refractivity contribution in [1.29, 1.82) is 0 Å². The van der Waals surface area contributed by atoms with E-state index in [-0.39, 0.29) is 11.4 Å². The van der Waals surface area contributed by atoms with Gasteiger partial charge >= 0.3 is 0 Å². The first kappa shape index (κ1) is 14.7. The minimum Gasteiger partial charge on any atom is -0.349 e. The fourth-order valence-electron chi connectivity index (χ4n) is 1.42. The number of thiophene rings is 1. The molecular formula is C12H19BrN2OS. The van der Waals surface area contributed by atoms with Crippen LogP contribution in [0.2, 0.25) is 0 Å². The Morgan fingerprint density at radius 3 is 2.53 bits per heavy atom. The molecule has 5 heteroatoms. The highest BCUT2D eigenvalue weighted by Crippen LogP contribution is 2.27. The van der Waals surface area contributed by atoms with E-state index in [9.17, 15) is 4.79 Å². The second kappa shape index (κ2) is 5.98. The lowest BCUT2D eigenvalue weighted by atomic mass is 9.94. The molecule has 17 heavy (non-hydrogen) atoms. The summed E-state index contributed by atoms with van der Waals surface area (Å²) in [5.74, 6) is -0.0412. The molecule has 1 heterocycles. The fourth-order valence-corrected chi connectivity index (χ4v) is 2.87. The lowest BCUT2D eigenvalue weighted by Crippen LogP contribution is -2.49. The van der Waals surface area contributed by atoms with Crippen molar-refractivity contribution in [2.24, 2.45) is 5.73 Å². The summed E-state index contributed by atoms with van der Waals surface area (Å²) in [5.41, 5.74) is 6.93. The first-order valence-electron chi connectivity index (χ1n) is 5.75. The molecule has 0 aliphatic carbocycles. The molecule has 1 aromatic heterocycles. The fraction of sp³-hybridized carbons (Fsp3) is 0.583. The molecular weight excluding hydrogens is 300 g/mol. The van der Waals surface area contributed by atoms with Crippen molar-refractivity contribution in [3.8, 4) is 0 Å². The highest BCUT2D eigenvalue weighted by Gasteiger charge is 2.21. The minimum absolute atomic E-state index is 0.0412. The molecule has 1 rings (SSSR count). The largest absolute Gasteiger partial charge is 0.349 e. The number of carbonyl (C=O) groups is 1. The van der Waals surface area contributed by atoms with Crippen molar-refractivity contribution >= 4 is 33.2 Å². The van der Waals surface area contributed by atoms with Crippen molar-refractivity contribution in [2.75, 3.05) is 6.54 Å². The van der Waals surface area contributed by atoms with Crippen molar-refractivity contribution in [3.05, 3.63) is 20.3 Å². The summed E-state index contributed by atoms with van der Waals surface area (Å²) in [4.78, 5) is 12.6. The summed E-state index contributed by atoms with van der Waals surface area (Å²) < 4.78 is 1.01. The molecule has 0 saturated heterocycles. The van der Waals surface area contributed by atoms with Crippen LogP contribution < -0.4 is 11.1 Å². The Morgan fingerprint density at radius 2 is 2.12 bits per heavy atom. The minimum atomic E-state index is -0.292. The van der Waals surface area contributed by atoms with E-state index in [1.165, 1.54) is 11.3 Å². The van der Waals surface area contributed by atoms with Gasteiger partial charge in [-0.25, -0.2) is 0 Å². The maximum Gasteiger partial charge on any atom is 0.261 e. The molecule has 0 saturated carbocycles. The van der Waals surface area contributed by atoms with E-state index in [4.69, 9.17) is 5.73 Å². The van der Waals surface area contributed by atoms with Crippen LogP contribution in [0.15, 0.2) is 9.85 Å². The number of nitrogens with one attached hydrogen (secondary N) is 1. The molecule has 3 nitrogen and oxygen atoms in total. The van der Waals surface area contributed by atoms with Crippen LogP contribution >= 0.6 is 27.3 Å². The molecule has 1 amide bonds. The van der Waals surface area contributed by atoms with E-state index in [1.807, 2.05) is 26.8 Å². The predicted octanol–water partition coefficient (Wildman–Crippen LogP) is 3.07. The second-order valence-electron chi connectivity index (χ2n) is 4.32. The number of amides is 1. The zero-order chi connectivity index (χ0) is 13.1. The van der Waals surface area contributed by atoms with Gasteiger partial charge < -0.3 is 11.1 Å². The summed E-state index contributed by atoms with van der Waals surface area (Å²) in [6.07, 6.45) is 1.72.